The molecule has 1 rings (SSSR count). The number of carbonyl (C=O) groups excluding carboxylic acids is 1. The molecule has 0 heterocycles. The molecular weight excluding hydrogens is 212 g/mol. The first-order valence-corrected chi connectivity index (χ1v) is 6.12. The topological polar surface area (TPSA) is 46.3 Å². The predicted octanol–water partition coefficient (Wildman–Crippen LogP) is 2.33. The van der Waals surface area contributed by atoms with E-state index in [0.29, 0.717) is 6.42 Å². The number of carbonyl (C=O) groups is 1. The Labute approximate surface area is 104 Å². The Morgan fingerprint density at radius 2 is 1.94 bits per heavy atom. The third-order valence-electron chi connectivity index (χ3n) is 3.27. The molecule has 1 aromatic rings. The van der Waals surface area contributed by atoms with Crippen molar-refractivity contribution in [3.8, 4) is 0 Å². The van der Waals surface area contributed by atoms with Gasteiger partial charge in [0.25, 0.3) is 0 Å². The molecular formula is C14H22N2O. The van der Waals surface area contributed by atoms with Gasteiger partial charge < -0.3 is 10.6 Å². The smallest absolute Gasteiger partial charge is 0.224 e. The molecule has 94 valence electrons. The van der Waals surface area contributed by atoms with Crippen molar-refractivity contribution in [1.29, 1.82) is 0 Å². The zero-order valence-corrected chi connectivity index (χ0v) is 10.9. The summed E-state index contributed by atoms with van der Waals surface area (Å²) in [6.45, 7) is 4.12. The van der Waals surface area contributed by atoms with Crippen LogP contribution in [0.15, 0.2) is 30.3 Å². The molecule has 0 aliphatic carbocycles. The minimum atomic E-state index is -0.213. The van der Waals surface area contributed by atoms with Crippen LogP contribution >= 0.6 is 0 Å². The second kappa shape index (κ2) is 6.40. The molecule has 0 aliphatic heterocycles. The van der Waals surface area contributed by atoms with Crippen LogP contribution in [0.25, 0.3) is 0 Å². The molecule has 2 N–H and O–H groups in total. The molecule has 3 heteroatoms. The molecule has 1 amide bonds. The molecule has 17 heavy (non-hydrogen) atoms. The normalized spacial score (nSPS) is 14.1. The van der Waals surface area contributed by atoms with Crippen molar-refractivity contribution in [1.82, 2.24) is 4.90 Å². The number of rotatable bonds is 5. The predicted molar refractivity (Wildman–Crippen MR) is 70.5 cm³/mol. The van der Waals surface area contributed by atoms with E-state index in [1.807, 2.05) is 44.3 Å². The summed E-state index contributed by atoms with van der Waals surface area (Å²) in [5.74, 6) is 0.107. The summed E-state index contributed by atoms with van der Waals surface area (Å²) in [5, 5.41) is 0. The molecule has 0 aromatic heterocycles. The fourth-order valence-corrected chi connectivity index (χ4v) is 1.67. The Morgan fingerprint density at radius 1 is 1.35 bits per heavy atom. The lowest BCUT2D eigenvalue weighted by molar-refractivity contribution is -0.132. The Kier molecular flexibility index (Phi) is 5.16. The van der Waals surface area contributed by atoms with Crippen LogP contribution in [0, 0.1) is 0 Å². The van der Waals surface area contributed by atoms with Crippen molar-refractivity contribution < 1.29 is 4.79 Å². The van der Waals surface area contributed by atoms with Gasteiger partial charge >= 0.3 is 0 Å². The van der Waals surface area contributed by atoms with E-state index in [9.17, 15) is 4.79 Å². The van der Waals surface area contributed by atoms with Gasteiger partial charge in [0.05, 0.1) is 0 Å². The quantitative estimate of drug-likeness (QED) is 0.850. The lowest BCUT2D eigenvalue weighted by Crippen LogP contribution is -2.36. The lowest BCUT2D eigenvalue weighted by Gasteiger charge is -2.25. The highest BCUT2D eigenvalue weighted by Crippen LogP contribution is 2.15. The van der Waals surface area contributed by atoms with Crippen molar-refractivity contribution in [2.24, 2.45) is 5.73 Å². The van der Waals surface area contributed by atoms with Crippen molar-refractivity contribution in [2.75, 3.05) is 7.05 Å². The van der Waals surface area contributed by atoms with Crippen molar-refractivity contribution in [2.45, 2.75) is 38.8 Å². The van der Waals surface area contributed by atoms with Gasteiger partial charge in [0.2, 0.25) is 5.91 Å². The summed E-state index contributed by atoms with van der Waals surface area (Å²) in [6.07, 6.45) is 1.33. The van der Waals surface area contributed by atoms with Crippen LogP contribution < -0.4 is 5.73 Å². The molecule has 2 atom stereocenters. The molecule has 1 aromatic carbocycles. The zero-order valence-electron chi connectivity index (χ0n) is 10.9. The highest BCUT2D eigenvalue weighted by Gasteiger charge is 2.17. The van der Waals surface area contributed by atoms with Crippen molar-refractivity contribution >= 4 is 5.91 Å². The minimum Gasteiger partial charge on any atom is -0.343 e. The average Bonchev–Trinajstić information content (AvgIpc) is 2.37. The Bertz CT molecular complexity index is 350. The van der Waals surface area contributed by atoms with Crippen molar-refractivity contribution in [3.05, 3.63) is 35.9 Å². The third kappa shape index (κ3) is 3.86. The van der Waals surface area contributed by atoms with Gasteiger partial charge in [-0.1, -0.05) is 37.3 Å². The van der Waals surface area contributed by atoms with Gasteiger partial charge in [-0.05, 0) is 18.9 Å². The number of nitrogens with zero attached hydrogens (tertiary/aromatic N) is 1. The Morgan fingerprint density at radius 3 is 2.47 bits per heavy atom. The fraction of sp³-hybridized carbons (Fsp3) is 0.500. The molecule has 0 fully saturated rings. The van der Waals surface area contributed by atoms with E-state index in [-0.39, 0.29) is 18.0 Å². The maximum atomic E-state index is 12.0. The fourth-order valence-electron chi connectivity index (χ4n) is 1.67. The molecule has 0 saturated heterocycles. The van der Waals surface area contributed by atoms with E-state index in [4.69, 9.17) is 5.73 Å². The number of hydrogen-bond donors (Lipinski definition) is 1. The maximum Gasteiger partial charge on any atom is 0.224 e. The van der Waals surface area contributed by atoms with Crippen LogP contribution in [0.4, 0.5) is 0 Å². The molecule has 3 nitrogen and oxygen atoms in total. The van der Waals surface area contributed by atoms with Gasteiger partial charge in [-0.2, -0.15) is 0 Å². The zero-order chi connectivity index (χ0) is 12.8. The summed E-state index contributed by atoms with van der Waals surface area (Å²) in [4.78, 5) is 13.8. The number of nitrogens with two attached hydrogens (primary N) is 1. The van der Waals surface area contributed by atoms with E-state index >= 15 is 0 Å². The summed E-state index contributed by atoms with van der Waals surface area (Å²) in [7, 11) is 1.84. The lowest BCUT2D eigenvalue weighted by atomic mass is 10.0. The summed E-state index contributed by atoms with van der Waals surface area (Å²) in [5.41, 5.74) is 7.04. The first kappa shape index (κ1) is 13.7. The van der Waals surface area contributed by atoms with E-state index < -0.39 is 0 Å². The first-order valence-electron chi connectivity index (χ1n) is 6.12. The van der Waals surface area contributed by atoms with Crippen LogP contribution in [0.3, 0.4) is 0 Å². The third-order valence-corrected chi connectivity index (χ3v) is 3.27. The average molecular weight is 234 g/mol. The van der Waals surface area contributed by atoms with Gasteiger partial charge in [-0.15, -0.1) is 0 Å². The second-order valence-corrected chi connectivity index (χ2v) is 4.48. The van der Waals surface area contributed by atoms with Gasteiger partial charge in [0.15, 0.2) is 0 Å². The molecule has 0 radical (unpaired) electrons. The van der Waals surface area contributed by atoms with Gasteiger partial charge in [0, 0.05) is 25.6 Å². The van der Waals surface area contributed by atoms with Crippen LogP contribution in [-0.2, 0) is 4.79 Å². The highest BCUT2D eigenvalue weighted by molar-refractivity contribution is 5.77. The largest absolute Gasteiger partial charge is 0.343 e. The summed E-state index contributed by atoms with van der Waals surface area (Å²) < 4.78 is 0. The van der Waals surface area contributed by atoms with Gasteiger partial charge in [-0.25, -0.2) is 0 Å². The molecule has 0 spiro atoms. The van der Waals surface area contributed by atoms with Gasteiger partial charge in [-0.3, -0.25) is 4.79 Å². The van der Waals surface area contributed by atoms with Crippen LogP contribution in [0.1, 0.15) is 38.3 Å². The van der Waals surface area contributed by atoms with Crippen LogP contribution in [-0.4, -0.2) is 23.9 Å². The van der Waals surface area contributed by atoms with Crippen LogP contribution in [0.2, 0.25) is 0 Å². The standard InChI is InChI=1S/C14H22N2O/c1-4-11(2)16(3)14(17)10-13(15)12-8-6-5-7-9-12/h5-9,11,13H,4,10,15H2,1-3H3. The highest BCUT2D eigenvalue weighted by atomic mass is 16.2. The Balaban J connectivity index is 2.57. The van der Waals surface area contributed by atoms with Crippen molar-refractivity contribution in [3.63, 3.8) is 0 Å². The van der Waals surface area contributed by atoms with E-state index in [2.05, 4.69) is 6.92 Å². The van der Waals surface area contributed by atoms with E-state index in [1.165, 1.54) is 0 Å². The maximum absolute atomic E-state index is 12.0. The summed E-state index contributed by atoms with van der Waals surface area (Å²) in [6, 6.07) is 9.81. The number of hydrogen-bond acceptors (Lipinski definition) is 2. The van der Waals surface area contributed by atoms with E-state index in [0.717, 1.165) is 12.0 Å². The second-order valence-electron chi connectivity index (χ2n) is 4.48. The Hall–Kier alpha value is -1.35. The van der Waals surface area contributed by atoms with Crippen LogP contribution in [0.5, 0.6) is 0 Å². The molecule has 0 aliphatic rings. The SMILES string of the molecule is CCC(C)N(C)C(=O)CC(N)c1ccccc1. The number of amides is 1. The van der Waals surface area contributed by atoms with E-state index in [1.54, 1.807) is 4.90 Å². The van der Waals surface area contributed by atoms with Gasteiger partial charge in [0.1, 0.15) is 0 Å². The molecule has 2 unspecified atom stereocenters. The first-order chi connectivity index (χ1) is 8.06. The minimum absolute atomic E-state index is 0.107. The monoisotopic (exact) mass is 234 g/mol. The molecule has 0 saturated carbocycles. The number of benzene rings is 1. The summed E-state index contributed by atoms with van der Waals surface area (Å²) >= 11 is 0. The molecule has 0 bridgehead atoms.